The minimum absolute atomic E-state index is 0.0393. The number of rotatable bonds is 7. The first-order chi connectivity index (χ1) is 11.8. The molecule has 1 amide bonds. The zero-order chi connectivity index (χ0) is 18.4. The predicted octanol–water partition coefficient (Wildman–Crippen LogP) is 1.46. The fourth-order valence-corrected chi connectivity index (χ4v) is 4.51. The van der Waals surface area contributed by atoms with Crippen molar-refractivity contribution in [3.05, 3.63) is 29.8 Å². The van der Waals surface area contributed by atoms with Crippen molar-refractivity contribution in [2.24, 2.45) is 5.92 Å². The summed E-state index contributed by atoms with van der Waals surface area (Å²) >= 11 is 0. The Morgan fingerprint density at radius 1 is 1.28 bits per heavy atom. The van der Waals surface area contributed by atoms with Gasteiger partial charge in [-0.2, -0.15) is 4.31 Å². The lowest BCUT2D eigenvalue weighted by Gasteiger charge is -2.31. The van der Waals surface area contributed by atoms with Crippen LogP contribution in [-0.2, 0) is 14.8 Å². The minimum Gasteiger partial charge on any atom is -0.356 e. The Kier molecular flexibility index (Phi) is 6.98. The van der Waals surface area contributed by atoms with Crippen LogP contribution >= 0.6 is 0 Å². The molecule has 0 aliphatic carbocycles. The van der Waals surface area contributed by atoms with Crippen LogP contribution in [0.5, 0.6) is 0 Å². The molecule has 25 heavy (non-hydrogen) atoms. The molecular weight excluding hydrogens is 338 g/mol. The molecule has 1 aromatic carbocycles. The molecule has 0 unspecified atom stereocenters. The average Bonchev–Trinajstić information content (AvgIpc) is 2.59. The standard InChI is InChI=1S/C18H29N3O3S/c1-15-7-9-17(10-8-15)25(23,24)21-13-4-6-16(14-21)18(22)19-11-5-12-20(2)3/h7-10,16H,4-6,11-14H2,1-3H3,(H,19,22)/t16-/m0/s1. The number of carbonyl (C=O) groups excluding carboxylic acids is 1. The third-order valence-electron chi connectivity index (χ3n) is 4.50. The van der Waals surface area contributed by atoms with Crippen molar-refractivity contribution in [3.63, 3.8) is 0 Å². The van der Waals surface area contributed by atoms with E-state index in [9.17, 15) is 13.2 Å². The molecule has 0 radical (unpaired) electrons. The highest BCUT2D eigenvalue weighted by Gasteiger charge is 2.33. The molecule has 1 aliphatic rings. The van der Waals surface area contributed by atoms with Gasteiger partial charge in [-0.1, -0.05) is 17.7 Å². The molecule has 1 N–H and O–H groups in total. The van der Waals surface area contributed by atoms with Gasteiger partial charge in [0.15, 0.2) is 0 Å². The van der Waals surface area contributed by atoms with Crippen molar-refractivity contribution < 1.29 is 13.2 Å². The summed E-state index contributed by atoms with van der Waals surface area (Å²) in [5.74, 6) is -0.309. The number of piperidine rings is 1. The smallest absolute Gasteiger partial charge is 0.243 e. The third kappa shape index (κ3) is 5.52. The summed E-state index contributed by atoms with van der Waals surface area (Å²) in [4.78, 5) is 14.7. The number of amides is 1. The van der Waals surface area contributed by atoms with Gasteiger partial charge in [-0.15, -0.1) is 0 Å². The van der Waals surface area contributed by atoms with Crippen molar-refractivity contribution in [1.82, 2.24) is 14.5 Å². The van der Waals surface area contributed by atoms with E-state index in [0.717, 1.165) is 24.9 Å². The van der Waals surface area contributed by atoms with Crippen LogP contribution in [0.25, 0.3) is 0 Å². The van der Waals surface area contributed by atoms with E-state index in [-0.39, 0.29) is 18.4 Å². The summed E-state index contributed by atoms with van der Waals surface area (Å²) < 4.78 is 27.0. The highest BCUT2D eigenvalue weighted by Crippen LogP contribution is 2.24. The molecule has 7 heteroatoms. The Bertz CT molecular complexity index is 671. The fraction of sp³-hybridized carbons (Fsp3) is 0.611. The largest absolute Gasteiger partial charge is 0.356 e. The molecule has 6 nitrogen and oxygen atoms in total. The molecule has 0 aromatic heterocycles. The number of sulfonamides is 1. The normalized spacial score (nSPS) is 19.1. The van der Waals surface area contributed by atoms with Gasteiger partial charge in [-0.3, -0.25) is 4.79 Å². The second kappa shape index (κ2) is 8.78. The number of nitrogens with one attached hydrogen (secondary N) is 1. The number of hydrogen-bond donors (Lipinski definition) is 1. The highest BCUT2D eigenvalue weighted by molar-refractivity contribution is 7.89. The van der Waals surface area contributed by atoms with Crippen LogP contribution in [0.1, 0.15) is 24.8 Å². The zero-order valence-corrected chi connectivity index (χ0v) is 16.2. The average molecular weight is 368 g/mol. The van der Waals surface area contributed by atoms with Gasteiger partial charge in [0.2, 0.25) is 15.9 Å². The van der Waals surface area contributed by atoms with E-state index >= 15 is 0 Å². The van der Waals surface area contributed by atoms with Crippen molar-refractivity contribution >= 4 is 15.9 Å². The quantitative estimate of drug-likeness (QED) is 0.741. The molecule has 1 heterocycles. The summed E-state index contributed by atoms with van der Waals surface area (Å²) in [6.07, 6.45) is 2.33. The molecule has 1 aromatic rings. The lowest BCUT2D eigenvalue weighted by molar-refractivity contribution is -0.126. The zero-order valence-electron chi connectivity index (χ0n) is 15.4. The van der Waals surface area contributed by atoms with Gasteiger partial charge >= 0.3 is 0 Å². The maximum atomic E-state index is 12.8. The molecular formula is C18H29N3O3S. The second-order valence-corrected chi connectivity index (χ2v) is 8.90. The van der Waals surface area contributed by atoms with Crippen LogP contribution in [-0.4, -0.2) is 63.8 Å². The molecule has 0 spiro atoms. The molecule has 0 bridgehead atoms. The first kappa shape index (κ1) is 19.9. The van der Waals surface area contributed by atoms with Crippen molar-refractivity contribution in [2.45, 2.75) is 31.1 Å². The SMILES string of the molecule is Cc1ccc(S(=O)(=O)N2CCC[C@H](C(=O)NCCCN(C)C)C2)cc1. The lowest BCUT2D eigenvalue weighted by Crippen LogP contribution is -2.45. The highest BCUT2D eigenvalue weighted by atomic mass is 32.2. The van der Waals surface area contributed by atoms with Gasteiger partial charge < -0.3 is 10.2 Å². The van der Waals surface area contributed by atoms with E-state index in [1.165, 1.54) is 4.31 Å². The van der Waals surface area contributed by atoms with E-state index in [1.54, 1.807) is 24.3 Å². The molecule has 0 saturated carbocycles. The van der Waals surface area contributed by atoms with E-state index in [0.29, 0.717) is 24.4 Å². The van der Waals surface area contributed by atoms with Crippen LogP contribution < -0.4 is 5.32 Å². The van der Waals surface area contributed by atoms with Gasteiger partial charge in [0.1, 0.15) is 0 Å². The summed E-state index contributed by atoms with van der Waals surface area (Å²) in [6, 6.07) is 6.86. The molecule has 1 fully saturated rings. The second-order valence-electron chi connectivity index (χ2n) is 6.96. The molecule has 2 rings (SSSR count). The summed E-state index contributed by atoms with van der Waals surface area (Å²) in [7, 11) is 0.459. The van der Waals surface area contributed by atoms with Crippen LogP contribution in [0.15, 0.2) is 29.2 Å². The van der Waals surface area contributed by atoms with E-state index in [1.807, 2.05) is 21.0 Å². The van der Waals surface area contributed by atoms with Crippen LogP contribution in [0.3, 0.4) is 0 Å². The molecule has 1 atom stereocenters. The first-order valence-corrected chi connectivity index (χ1v) is 10.2. The predicted molar refractivity (Wildman–Crippen MR) is 98.8 cm³/mol. The monoisotopic (exact) mass is 367 g/mol. The minimum atomic E-state index is -3.53. The fourth-order valence-electron chi connectivity index (χ4n) is 2.99. The number of nitrogens with zero attached hydrogens (tertiary/aromatic N) is 2. The van der Waals surface area contributed by atoms with Gasteiger partial charge in [0.05, 0.1) is 10.8 Å². The maximum absolute atomic E-state index is 12.8. The summed E-state index contributed by atoms with van der Waals surface area (Å²) in [5.41, 5.74) is 1.02. The Morgan fingerprint density at radius 3 is 2.60 bits per heavy atom. The third-order valence-corrected chi connectivity index (χ3v) is 6.37. The topological polar surface area (TPSA) is 69.7 Å². The number of benzene rings is 1. The van der Waals surface area contributed by atoms with Crippen molar-refractivity contribution in [2.75, 3.05) is 40.3 Å². The Balaban J connectivity index is 1.95. The first-order valence-electron chi connectivity index (χ1n) is 8.80. The number of hydrogen-bond acceptors (Lipinski definition) is 4. The van der Waals surface area contributed by atoms with Crippen molar-refractivity contribution in [1.29, 1.82) is 0 Å². The molecule has 140 valence electrons. The Labute approximate surface area is 151 Å². The van der Waals surface area contributed by atoms with Crippen LogP contribution in [0, 0.1) is 12.8 Å². The molecule has 1 aliphatic heterocycles. The van der Waals surface area contributed by atoms with E-state index in [2.05, 4.69) is 10.2 Å². The summed E-state index contributed by atoms with van der Waals surface area (Å²) in [6.45, 7) is 4.20. The van der Waals surface area contributed by atoms with Crippen LogP contribution in [0.4, 0.5) is 0 Å². The van der Waals surface area contributed by atoms with Crippen LogP contribution in [0.2, 0.25) is 0 Å². The van der Waals surface area contributed by atoms with Crippen molar-refractivity contribution in [3.8, 4) is 0 Å². The van der Waals surface area contributed by atoms with Gasteiger partial charge in [-0.25, -0.2) is 8.42 Å². The number of carbonyl (C=O) groups is 1. The van der Waals surface area contributed by atoms with Gasteiger partial charge in [0, 0.05) is 19.6 Å². The van der Waals surface area contributed by atoms with E-state index < -0.39 is 10.0 Å². The summed E-state index contributed by atoms with van der Waals surface area (Å²) in [5, 5.41) is 2.94. The van der Waals surface area contributed by atoms with Gasteiger partial charge in [0.25, 0.3) is 0 Å². The van der Waals surface area contributed by atoms with Gasteiger partial charge in [-0.05, 0) is 59.0 Å². The Hall–Kier alpha value is -1.44. The Morgan fingerprint density at radius 2 is 1.96 bits per heavy atom. The van der Waals surface area contributed by atoms with E-state index in [4.69, 9.17) is 0 Å². The maximum Gasteiger partial charge on any atom is 0.243 e. The lowest BCUT2D eigenvalue weighted by atomic mass is 9.99. The number of aryl methyl sites for hydroxylation is 1. The molecule has 1 saturated heterocycles.